The van der Waals surface area contributed by atoms with E-state index in [1.165, 1.54) is 0 Å². The van der Waals surface area contributed by atoms with E-state index < -0.39 is 6.09 Å². The number of hydrogen-bond acceptors (Lipinski definition) is 5. The Balaban J connectivity index is 1.32. The van der Waals surface area contributed by atoms with Crippen LogP contribution in [-0.4, -0.2) is 17.9 Å². The highest BCUT2D eigenvalue weighted by Crippen LogP contribution is 2.46. The number of aromatic nitrogens is 1. The molecule has 1 heterocycles. The second-order valence-electron chi connectivity index (χ2n) is 8.85. The Hall–Kier alpha value is -3.63. The quantitative estimate of drug-likeness (QED) is 0.221. The minimum atomic E-state index is -0.515. The normalized spacial score (nSPS) is 12.4. The van der Waals surface area contributed by atoms with E-state index in [0.29, 0.717) is 61.4 Å². The number of carbonyl (C=O) groups is 1. The van der Waals surface area contributed by atoms with Gasteiger partial charge in [0.25, 0.3) is 0 Å². The monoisotopic (exact) mass is 580 g/mol. The Morgan fingerprint density at radius 1 is 1.03 bits per heavy atom. The highest BCUT2D eigenvalue weighted by atomic mass is 35.5. The van der Waals surface area contributed by atoms with Gasteiger partial charge in [-0.05, 0) is 62.2 Å². The lowest BCUT2D eigenvalue weighted by molar-refractivity contribution is 0.168. The predicted octanol–water partition coefficient (Wildman–Crippen LogP) is 8.73. The summed E-state index contributed by atoms with van der Waals surface area (Å²) in [5.41, 5.74) is 3.98. The van der Waals surface area contributed by atoms with Crippen LogP contribution in [0.2, 0.25) is 15.1 Å². The van der Waals surface area contributed by atoms with Crippen molar-refractivity contribution in [3.8, 4) is 28.8 Å². The first kappa shape index (κ1) is 27.0. The summed E-state index contributed by atoms with van der Waals surface area (Å²) in [6.45, 7) is 2.25. The van der Waals surface area contributed by atoms with Crippen LogP contribution in [0.1, 0.15) is 48.1 Å². The number of nitrogens with one attached hydrogen (secondary N) is 1. The molecule has 0 unspecified atom stereocenters. The van der Waals surface area contributed by atoms with Crippen molar-refractivity contribution in [2.75, 3.05) is 11.9 Å². The lowest BCUT2D eigenvalue weighted by atomic mass is 10.0. The van der Waals surface area contributed by atoms with Gasteiger partial charge in [0.2, 0.25) is 0 Å². The zero-order valence-corrected chi connectivity index (χ0v) is 23.2. The highest BCUT2D eigenvalue weighted by Gasteiger charge is 2.33. The lowest BCUT2D eigenvalue weighted by Crippen LogP contribution is -2.13. The van der Waals surface area contributed by atoms with E-state index in [1.807, 2.05) is 6.07 Å². The van der Waals surface area contributed by atoms with Gasteiger partial charge in [-0.1, -0.05) is 63.9 Å². The van der Waals surface area contributed by atoms with Crippen molar-refractivity contribution in [1.29, 1.82) is 0 Å². The SMILES string of the molecule is CCOC(=O)Nc1cccc(C#Cc2ccc(OCc3c(-c4c(Cl)cccc4Cl)noc3C3CC3)cc2Cl)c1. The van der Waals surface area contributed by atoms with Crippen LogP contribution in [0.3, 0.4) is 0 Å². The number of benzene rings is 3. The van der Waals surface area contributed by atoms with Crippen molar-refractivity contribution in [2.45, 2.75) is 32.3 Å². The van der Waals surface area contributed by atoms with Crippen molar-refractivity contribution < 1.29 is 18.8 Å². The Morgan fingerprint density at radius 3 is 2.51 bits per heavy atom. The summed E-state index contributed by atoms with van der Waals surface area (Å²) in [6.07, 6.45) is 1.57. The Labute approximate surface area is 241 Å². The summed E-state index contributed by atoms with van der Waals surface area (Å²) in [7, 11) is 0. The van der Waals surface area contributed by atoms with Gasteiger partial charge in [-0.15, -0.1) is 0 Å². The Bertz CT molecular complexity index is 1560. The first-order chi connectivity index (χ1) is 18.9. The maximum atomic E-state index is 11.7. The molecule has 0 saturated heterocycles. The van der Waals surface area contributed by atoms with Gasteiger partial charge in [-0.2, -0.15) is 0 Å². The fourth-order valence-corrected chi connectivity index (χ4v) is 4.78. The van der Waals surface area contributed by atoms with Gasteiger partial charge in [-0.3, -0.25) is 5.32 Å². The molecule has 6 nitrogen and oxygen atoms in total. The average Bonchev–Trinajstić information content (AvgIpc) is 3.67. The molecule has 1 fully saturated rings. The third-order valence-electron chi connectivity index (χ3n) is 6.02. The predicted molar refractivity (Wildman–Crippen MR) is 153 cm³/mol. The molecule has 5 rings (SSSR count). The van der Waals surface area contributed by atoms with Crippen LogP contribution in [0.25, 0.3) is 11.3 Å². The van der Waals surface area contributed by atoms with Crippen molar-refractivity contribution in [2.24, 2.45) is 0 Å². The maximum absolute atomic E-state index is 11.7. The molecule has 0 atom stereocenters. The van der Waals surface area contributed by atoms with Crippen LogP contribution in [-0.2, 0) is 11.3 Å². The van der Waals surface area contributed by atoms with Crippen LogP contribution in [0.4, 0.5) is 10.5 Å². The molecule has 0 radical (unpaired) electrons. The zero-order valence-electron chi connectivity index (χ0n) is 20.9. The first-order valence-corrected chi connectivity index (χ1v) is 13.5. The second-order valence-corrected chi connectivity index (χ2v) is 10.1. The largest absolute Gasteiger partial charge is 0.489 e. The van der Waals surface area contributed by atoms with Gasteiger partial charge < -0.3 is 14.0 Å². The van der Waals surface area contributed by atoms with E-state index in [9.17, 15) is 4.79 Å². The molecule has 3 aromatic carbocycles. The summed E-state index contributed by atoms with van der Waals surface area (Å²) >= 11 is 19.4. The van der Waals surface area contributed by atoms with E-state index in [-0.39, 0.29) is 6.61 Å². The zero-order chi connectivity index (χ0) is 27.4. The summed E-state index contributed by atoms with van der Waals surface area (Å²) in [5.74, 6) is 7.84. The third kappa shape index (κ3) is 6.51. The molecular weight excluding hydrogens is 559 g/mol. The average molecular weight is 582 g/mol. The second kappa shape index (κ2) is 12.0. The van der Waals surface area contributed by atoms with Gasteiger partial charge in [0.1, 0.15) is 23.8 Å². The standard InChI is InChI=1S/C30H23Cl3N2O4/c1-2-37-30(36)34-21-6-3-5-18(15-21)9-10-19-13-14-22(16-26(19)33)38-17-23-28(35-39-29(23)20-11-12-20)27-24(31)7-4-8-25(27)32/h3-8,13-16,20H,2,11-12,17H2,1H3,(H,34,36). The van der Waals surface area contributed by atoms with Gasteiger partial charge >= 0.3 is 6.09 Å². The summed E-state index contributed by atoms with van der Waals surface area (Å²) in [4.78, 5) is 11.7. The Kier molecular flexibility index (Phi) is 8.33. The van der Waals surface area contributed by atoms with Crippen LogP contribution in [0.15, 0.2) is 65.2 Å². The van der Waals surface area contributed by atoms with Crippen LogP contribution in [0, 0.1) is 11.8 Å². The van der Waals surface area contributed by atoms with E-state index in [1.54, 1.807) is 61.5 Å². The van der Waals surface area contributed by atoms with E-state index in [4.69, 9.17) is 48.8 Å². The number of amides is 1. The lowest BCUT2D eigenvalue weighted by Gasteiger charge is -2.10. The topological polar surface area (TPSA) is 73.6 Å². The molecule has 198 valence electrons. The molecular formula is C30H23Cl3N2O4. The molecule has 0 spiro atoms. The number of rotatable bonds is 7. The Morgan fingerprint density at radius 2 is 1.79 bits per heavy atom. The molecule has 4 aromatic rings. The van der Waals surface area contributed by atoms with Crippen molar-refractivity contribution >= 4 is 46.6 Å². The molecule has 1 aliphatic rings. The van der Waals surface area contributed by atoms with E-state index in [0.717, 1.165) is 24.2 Å². The maximum Gasteiger partial charge on any atom is 0.411 e. The molecule has 0 bridgehead atoms. The minimum absolute atomic E-state index is 0.216. The summed E-state index contributed by atoms with van der Waals surface area (Å²) < 4.78 is 16.7. The van der Waals surface area contributed by atoms with Crippen molar-refractivity contribution in [3.63, 3.8) is 0 Å². The summed E-state index contributed by atoms with van der Waals surface area (Å²) in [6, 6.07) is 17.8. The number of halogens is 3. The third-order valence-corrected chi connectivity index (χ3v) is 6.96. The number of hydrogen-bond donors (Lipinski definition) is 1. The van der Waals surface area contributed by atoms with E-state index in [2.05, 4.69) is 22.3 Å². The number of ether oxygens (including phenoxy) is 2. The van der Waals surface area contributed by atoms with Gasteiger partial charge in [0.15, 0.2) is 0 Å². The molecule has 9 heteroatoms. The number of anilines is 1. The van der Waals surface area contributed by atoms with Crippen molar-refractivity contribution in [1.82, 2.24) is 5.16 Å². The summed E-state index contributed by atoms with van der Waals surface area (Å²) in [5, 5.41) is 8.40. The fourth-order valence-electron chi connectivity index (χ4n) is 3.99. The molecule has 39 heavy (non-hydrogen) atoms. The number of carbonyl (C=O) groups excluding carboxylic acids is 1. The fraction of sp³-hybridized carbons (Fsp3) is 0.200. The molecule has 1 aliphatic carbocycles. The molecule has 1 amide bonds. The first-order valence-electron chi connectivity index (χ1n) is 12.3. The van der Waals surface area contributed by atoms with Crippen LogP contribution >= 0.6 is 34.8 Å². The molecule has 1 saturated carbocycles. The van der Waals surface area contributed by atoms with Crippen molar-refractivity contribution in [3.05, 3.63) is 98.2 Å². The van der Waals surface area contributed by atoms with Gasteiger partial charge in [0.05, 0.1) is 27.2 Å². The number of nitrogens with zero attached hydrogens (tertiary/aromatic N) is 1. The minimum Gasteiger partial charge on any atom is -0.489 e. The molecule has 1 aromatic heterocycles. The van der Waals surface area contributed by atoms with Gasteiger partial charge in [0, 0.05) is 34.4 Å². The van der Waals surface area contributed by atoms with Crippen LogP contribution in [0.5, 0.6) is 5.75 Å². The van der Waals surface area contributed by atoms with Gasteiger partial charge in [-0.25, -0.2) is 4.79 Å². The highest BCUT2D eigenvalue weighted by molar-refractivity contribution is 6.39. The molecule has 1 N–H and O–H groups in total. The van der Waals surface area contributed by atoms with Crippen LogP contribution < -0.4 is 10.1 Å². The molecule has 0 aliphatic heterocycles. The smallest absolute Gasteiger partial charge is 0.411 e. The van der Waals surface area contributed by atoms with E-state index >= 15 is 0 Å².